The first-order valence-electron chi connectivity index (χ1n) is 10.3. The number of aliphatic hydroxyl groups is 1. The van der Waals surface area contributed by atoms with Crippen LogP contribution in [-0.2, 0) is 9.47 Å². The maximum Gasteiger partial charge on any atom is 0.171 e. The number of fused-ring (bicyclic) bond motifs is 4. The molecule has 0 radical (unpaired) electrons. The molecule has 0 aromatic heterocycles. The average Bonchev–Trinajstić information content (AvgIpc) is 2.92. The zero-order valence-electron chi connectivity index (χ0n) is 16.6. The van der Waals surface area contributed by atoms with Crippen LogP contribution in [0.1, 0.15) is 64.7 Å². The van der Waals surface area contributed by atoms with Gasteiger partial charge in [0.25, 0.3) is 0 Å². The first-order chi connectivity index (χ1) is 12.4. The van der Waals surface area contributed by atoms with Crippen molar-refractivity contribution in [2.75, 3.05) is 14.2 Å². The smallest absolute Gasteiger partial charge is 0.171 e. The van der Waals surface area contributed by atoms with Crippen molar-refractivity contribution in [3.05, 3.63) is 35.5 Å². The summed E-state index contributed by atoms with van der Waals surface area (Å²) in [6.07, 6.45) is 13.4. The van der Waals surface area contributed by atoms with Crippen LogP contribution in [0, 0.1) is 17.3 Å². The van der Waals surface area contributed by atoms with Gasteiger partial charge < -0.3 is 14.6 Å². The molecule has 3 nitrogen and oxygen atoms in total. The van der Waals surface area contributed by atoms with Crippen LogP contribution in [0.15, 0.2) is 35.5 Å². The summed E-state index contributed by atoms with van der Waals surface area (Å²) in [4.78, 5) is 0. The largest absolute Gasteiger partial charge is 0.389 e. The molecular formula is C23H34O3. The number of allylic oxidation sites excluding steroid dienone is 3. The van der Waals surface area contributed by atoms with Gasteiger partial charge in [-0.3, -0.25) is 0 Å². The second-order valence-corrected chi connectivity index (χ2v) is 9.17. The van der Waals surface area contributed by atoms with Gasteiger partial charge >= 0.3 is 0 Å². The lowest BCUT2D eigenvalue weighted by Gasteiger charge is -2.51. The van der Waals surface area contributed by atoms with Gasteiger partial charge in [-0.2, -0.15) is 0 Å². The molecule has 1 N–H and O–H groups in total. The molecule has 0 saturated heterocycles. The molecule has 0 heterocycles. The van der Waals surface area contributed by atoms with E-state index in [9.17, 15) is 5.11 Å². The van der Waals surface area contributed by atoms with Gasteiger partial charge in [-0.15, -0.1) is 6.58 Å². The highest BCUT2D eigenvalue weighted by Gasteiger charge is 2.59. The topological polar surface area (TPSA) is 38.7 Å². The minimum absolute atomic E-state index is 0.00902. The molecule has 0 amide bonds. The molecule has 144 valence electrons. The predicted molar refractivity (Wildman–Crippen MR) is 104 cm³/mol. The minimum Gasteiger partial charge on any atom is -0.389 e. The highest BCUT2D eigenvalue weighted by molar-refractivity contribution is 5.45. The summed E-state index contributed by atoms with van der Waals surface area (Å²) in [7, 11) is 3.54. The second-order valence-electron chi connectivity index (χ2n) is 9.17. The zero-order valence-corrected chi connectivity index (χ0v) is 16.6. The maximum absolute atomic E-state index is 11.4. The minimum atomic E-state index is -0.579. The summed E-state index contributed by atoms with van der Waals surface area (Å²) in [5.74, 6) is 0.787. The molecule has 4 aliphatic carbocycles. The fraction of sp³-hybridized carbons (Fsp3) is 0.739. The Labute approximate surface area is 158 Å². The van der Waals surface area contributed by atoms with Crippen LogP contribution in [0.25, 0.3) is 0 Å². The third-order valence-corrected chi connectivity index (χ3v) is 8.38. The summed E-state index contributed by atoms with van der Waals surface area (Å²) in [5, 5.41) is 11.4. The fourth-order valence-electron chi connectivity index (χ4n) is 6.66. The highest BCUT2D eigenvalue weighted by Crippen LogP contribution is 2.63. The van der Waals surface area contributed by atoms with E-state index in [-0.39, 0.29) is 5.41 Å². The van der Waals surface area contributed by atoms with Crippen molar-refractivity contribution in [2.24, 2.45) is 17.3 Å². The highest BCUT2D eigenvalue weighted by atomic mass is 16.7. The summed E-state index contributed by atoms with van der Waals surface area (Å²) < 4.78 is 11.5. The van der Waals surface area contributed by atoms with Crippen LogP contribution >= 0.6 is 0 Å². The lowest BCUT2D eigenvalue weighted by Crippen LogP contribution is -2.49. The molecule has 0 aliphatic heterocycles. The van der Waals surface area contributed by atoms with E-state index in [1.54, 1.807) is 30.9 Å². The SMILES string of the molecule is C=CC[C@]1(O)CC[C@H]2[C@@H]3CCC4=C(CCC(OC)(OC)C4)C3=CC[C@@]21C. The molecule has 4 atom stereocenters. The number of ether oxygens (including phenoxy) is 2. The molecule has 0 bridgehead atoms. The summed E-state index contributed by atoms with van der Waals surface area (Å²) in [6, 6.07) is 0. The number of methoxy groups -OCH3 is 2. The fourth-order valence-corrected chi connectivity index (χ4v) is 6.66. The van der Waals surface area contributed by atoms with E-state index in [1.165, 1.54) is 6.42 Å². The average molecular weight is 359 g/mol. The molecule has 26 heavy (non-hydrogen) atoms. The van der Waals surface area contributed by atoms with Crippen molar-refractivity contribution in [1.82, 2.24) is 0 Å². The standard InChI is InChI=1S/C23H34O3/c1-5-11-22(24)13-10-20-19-7-6-16-15-23(25-3,26-4)14-9-17(16)18(19)8-12-21(20,22)2/h5,8,19-20,24H,1,6-7,9-15H2,2-4H3/t19-,20+,21+,22+/m1/s1. The Morgan fingerprint density at radius 2 is 2.00 bits per heavy atom. The van der Waals surface area contributed by atoms with Gasteiger partial charge in [0.15, 0.2) is 5.79 Å². The van der Waals surface area contributed by atoms with E-state index in [4.69, 9.17) is 9.47 Å². The van der Waals surface area contributed by atoms with E-state index in [0.29, 0.717) is 18.3 Å². The Morgan fingerprint density at radius 1 is 1.23 bits per heavy atom. The van der Waals surface area contributed by atoms with Crippen molar-refractivity contribution in [1.29, 1.82) is 0 Å². The second kappa shape index (κ2) is 6.32. The lowest BCUT2D eigenvalue weighted by molar-refractivity contribution is -0.212. The van der Waals surface area contributed by atoms with E-state index in [1.807, 2.05) is 6.08 Å². The van der Waals surface area contributed by atoms with Crippen molar-refractivity contribution >= 4 is 0 Å². The molecule has 4 aliphatic rings. The van der Waals surface area contributed by atoms with Gasteiger partial charge in [0.2, 0.25) is 0 Å². The molecular weight excluding hydrogens is 324 g/mol. The van der Waals surface area contributed by atoms with E-state index in [2.05, 4.69) is 19.6 Å². The van der Waals surface area contributed by atoms with Gasteiger partial charge in [0, 0.05) is 32.5 Å². The molecule has 0 aromatic carbocycles. The van der Waals surface area contributed by atoms with Crippen molar-refractivity contribution in [3.8, 4) is 0 Å². The molecule has 1 saturated carbocycles. The normalized spacial score (nSPS) is 41.2. The van der Waals surface area contributed by atoms with Crippen LogP contribution in [0.2, 0.25) is 0 Å². The summed E-state index contributed by atoms with van der Waals surface area (Å²) in [6.45, 7) is 6.22. The third-order valence-electron chi connectivity index (χ3n) is 8.38. The zero-order chi connectivity index (χ0) is 18.6. The van der Waals surface area contributed by atoms with E-state index < -0.39 is 11.4 Å². The van der Waals surface area contributed by atoms with E-state index in [0.717, 1.165) is 44.9 Å². The quantitative estimate of drug-likeness (QED) is 0.573. The number of hydrogen-bond acceptors (Lipinski definition) is 3. The first kappa shape index (κ1) is 18.5. The Balaban J connectivity index is 1.66. The number of rotatable bonds is 4. The van der Waals surface area contributed by atoms with Crippen molar-refractivity contribution in [2.45, 2.75) is 76.1 Å². The van der Waals surface area contributed by atoms with Crippen LogP contribution in [0.3, 0.4) is 0 Å². The van der Waals surface area contributed by atoms with Crippen molar-refractivity contribution < 1.29 is 14.6 Å². The number of hydrogen-bond donors (Lipinski definition) is 1. The van der Waals surface area contributed by atoms with Gasteiger partial charge in [-0.05, 0) is 67.9 Å². The Hall–Kier alpha value is -0.900. The Kier molecular flexibility index (Phi) is 4.49. The molecule has 3 heteroatoms. The monoisotopic (exact) mass is 358 g/mol. The van der Waals surface area contributed by atoms with Crippen LogP contribution in [-0.4, -0.2) is 30.7 Å². The van der Waals surface area contributed by atoms with Gasteiger partial charge in [-0.1, -0.05) is 24.6 Å². The third kappa shape index (κ3) is 2.43. The van der Waals surface area contributed by atoms with E-state index >= 15 is 0 Å². The Morgan fingerprint density at radius 3 is 2.69 bits per heavy atom. The van der Waals surface area contributed by atoms with Crippen molar-refractivity contribution in [3.63, 3.8) is 0 Å². The van der Waals surface area contributed by atoms with Crippen LogP contribution in [0.4, 0.5) is 0 Å². The summed E-state index contributed by atoms with van der Waals surface area (Å²) >= 11 is 0. The van der Waals surface area contributed by atoms with Crippen LogP contribution < -0.4 is 0 Å². The molecule has 1 fully saturated rings. The van der Waals surface area contributed by atoms with Gasteiger partial charge in [-0.25, -0.2) is 0 Å². The molecule has 0 unspecified atom stereocenters. The Bertz CT molecular complexity index is 656. The lowest BCUT2D eigenvalue weighted by atomic mass is 9.56. The molecule has 4 rings (SSSR count). The van der Waals surface area contributed by atoms with Gasteiger partial charge in [0.1, 0.15) is 0 Å². The maximum atomic E-state index is 11.4. The van der Waals surface area contributed by atoms with Crippen LogP contribution in [0.5, 0.6) is 0 Å². The molecule has 0 aromatic rings. The van der Waals surface area contributed by atoms with Gasteiger partial charge in [0.05, 0.1) is 5.60 Å². The first-order valence-corrected chi connectivity index (χ1v) is 10.3. The molecule has 0 spiro atoms. The predicted octanol–water partition coefficient (Wildman–Crippen LogP) is 4.92. The summed E-state index contributed by atoms with van der Waals surface area (Å²) in [5.41, 5.74) is 4.14.